The first kappa shape index (κ1) is 22.5. The van der Waals surface area contributed by atoms with Crippen molar-refractivity contribution in [1.82, 2.24) is 0 Å². The summed E-state index contributed by atoms with van der Waals surface area (Å²) in [5.74, 6) is 0. The van der Waals surface area contributed by atoms with Gasteiger partial charge in [-0.3, -0.25) is 0 Å². The normalized spacial score (nSPS) is 29.4. The zero-order chi connectivity index (χ0) is 19.6. The Morgan fingerprint density at radius 1 is 0.400 bits per heavy atom. The van der Waals surface area contributed by atoms with Gasteiger partial charge in [-0.2, -0.15) is 0 Å². The van der Waals surface area contributed by atoms with Crippen LogP contribution in [0.15, 0.2) is 34.2 Å². The lowest BCUT2D eigenvalue weighted by molar-refractivity contribution is 1.78. The van der Waals surface area contributed by atoms with Crippen molar-refractivity contribution < 1.29 is 0 Å². The molecule has 136 valence electrons. The van der Waals surface area contributed by atoms with E-state index in [-0.39, 0.29) is 0 Å². The summed E-state index contributed by atoms with van der Waals surface area (Å²) in [5, 5.41) is 0. The molecule has 0 saturated heterocycles. The molecule has 0 bridgehead atoms. The van der Waals surface area contributed by atoms with E-state index in [1.165, 1.54) is 0 Å². The highest BCUT2D eigenvalue weighted by Gasteiger charge is 2.24. The minimum absolute atomic E-state index is 1.46. The second-order valence-electron chi connectivity index (χ2n) is 10.2. The van der Waals surface area contributed by atoms with E-state index in [2.05, 4.69) is 122 Å². The van der Waals surface area contributed by atoms with Crippen LogP contribution in [0.3, 0.4) is 0 Å². The Morgan fingerprint density at radius 2 is 0.680 bits per heavy atom. The van der Waals surface area contributed by atoms with Crippen LogP contribution in [0.1, 0.15) is 0 Å². The van der Waals surface area contributed by atoms with E-state index < -0.39 is 40.4 Å². The predicted molar refractivity (Wildman–Crippen MR) is 130 cm³/mol. The summed E-state index contributed by atoms with van der Waals surface area (Å²) in [6.07, 6.45) is 0. The van der Waals surface area contributed by atoms with Gasteiger partial charge in [0.05, 0.1) is 16.1 Å². The van der Waals surface area contributed by atoms with Crippen LogP contribution < -0.4 is 0 Å². The third-order valence-electron chi connectivity index (χ3n) is 4.20. The Hall–Kier alpha value is -0.576. The maximum absolute atomic E-state index is 3.67. The van der Waals surface area contributed by atoms with E-state index in [9.17, 15) is 0 Å². The third kappa shape index (κ3) is 9.07. The monoisotopic (exact) mass is 416 g/mol. The van der Waals surface area contributed by atoms with Crippen LogP contribution in [0.5, 0.6) is 0 Å². The smallest absolute Gasteiger partial charge is 0.132 e. The molecule has 0 fully saturated rings. The van der Waals surface area contributed by atoms with Crippen LogP contribution >= 0.6 is 0 Å². The van der Waals surface area contributed by atoms with Crippen LogP contribution in [0.4, 0.5) is 0 Å². The molecule has 0 aromatic heterocycles. The Labute approximate surface area is 162 Å². The van der Waals surface area contributed by atoms with E-state index in [0.29, 0.717) is 0 Å². The van der Waals surface area contributed by atoms with Crippen molar-refractivity contribution in [3.8, 4) is 22.2 Å². The molecule has 1 aliphatic heterocycles. The first-order chi connectivity index (χ1) is 11.0. The number of rotatable bonds is 0. The molecule has 0 amide bonds. The van der Waals surface area contributed by atoms with E-state index in [4.69, 9.17) is 0 Å². The van der Waals surface area contributed by atoms with Gasteiger partial charge in [0, 0.05) is 0 Å². The van der Waals surface area contributed by atoms with Crippen molar-refractivity contribution in [2.45, 2.75) is 65.5 Å². The van der Waals surface area contributed by atoms with Gasteiger partial charge < -0.3 is 0 Å². The maximum atomic E-state index is 3.67. The van der Waals surface area contributed by atoms with Gasteiger partial charge in [-0.15, -0.1) is 22.2 Å². The van der Waals surface area contributed by atoms with Gasteiger partial charge in [-0.25, -0.2) is 0 Å². The summed E-state index contributed by atoms with van der Waals surface area (Å²) in [4.78, 5) is 0. The molecule has 1 heterocycles. The lowest BCUT2D eigenvalue weighted by atomic mass is 11.2. The van der Waals surface area contributed by atoms with Crippen LogP contribution in [0.2, 0.25) is 65.5 Å². The molecule has 0 saturated carbocycles. The summed E-state index contributed by atoms with van der Waals surface area (Å²) in [6.45, 7) is 23.8. The molecule has 25 heavy (non-hydrogen) atoms. The van der Waals surface area contributed by atoms with Crippen molar-refractivity contribution >= 4 is 40.4 Å². The predicted octanol–water partition coefficient (Wildman–Crippen LogP) is 5.61. The molecule has 5 heteroatoms. The Bertz CT molecular complexity index is 651. The molecule has 0 nitrogen and oxygen atoms in total. The second kappa shape index (κ2) is 7.58. The first-order valence-corrected chi connectivity index (χ1v) is 24.7. The third-order valence-corrected chi connectivity index (χ3v) is 14.8. The molecule has 0 radical (unpaired) electrons. The molecule has 0 aromatic carbocycles. The van der Waals surface area contributed by atoms with Crippen molar-refractivity contribution in [2.24, 2.45) is 0 Å². The average molecular weight is 417 g/mol. The SMILES string of the molecule is C[Si]1(C)C#C[Si](C)(C)/C=C\[Si](C)(C)/C=C\[Si](C)(C)/C=C\[Si](C)(C)C#C1. The van der Waals surface area contributed by atoms with Gasteiger partial charge in [0.1, 0.15) is 0 Å². The molecule has 1 rings (SSSR count). The van der Waals surface area contributed by atoms with Gasteiger partial charge >= 0.3 is 0 Å². The summed E-state index contributed by atoms with van der Waals surface area (Å²) in [5.41, 5.74) is 29.6. The summed E-state index contributed by atoms with van der Waals surface area (Å²) < 4.78 is 0. The lowest BCUT2D eigenvalue weighted by Crippen LogP contribution is -2.29. The standard InChI is InChI=1S/C20H36Si5/c1-21(2)11-13-22(3,4)15-17-24(7,8)19-20-25(9,10)18-16-23(5,6)14-12-21/h11-15,17H,1-10H3/b13-11-,14-12-,17-15-. The number of hydrogen-bond donors (Lipinski definition) is 0. The molecule has 0 N–H and O–H groups in total. The highest BCUT2D eigenvalue weighted by molar-refractivity contribution is 6.99. The molecule has 0 atom stereocenters. The number of hydrogen-bond acceptors (Lipinski definition) is 0. The molecule has 1 aliphatic rings. The van der Waals surface area contributed by atoms with Gasteiger partial charge in [-0.05, 0) is 13.1 Å². The lowest BCUT2D eigenvalue weighted by Gasteiger charge is -2.19. The summed E-state index contributed by atoms with van der Waals surface area (Å²) in [7, 11) is -7.94. The van der Waals surface area contributed by atoms with Crippen molar-refractivity contribution in [1.29, 1.82) is 0 Å². The van der Waals surface area contributed by atoms with Crippen molar-refractivity contribution in [3.05, 3.63) is 34.2 Å². The molecular weight excluding hydrogens is 381 g/mol. The quantitative estimate of drug-likeness (QED) is 0.355. The van der Waals surface area contributed by atoms with E-state index in [1.807, 2.05) is 0 Å². The van der Waals surface area contributed by atoms with Crippen LogP contribution in [-0.4, -0.2) is 40.4 Å². The fourth-order valence-electron chi connectivity index (χ4n) is 2.14. The second-order valence-corrected chi connectivity index (χ2v) is 30.6. The fourth-order valence-corrected chi connectivity index (χ4v) is 17.9. The van der Waals surface area contributed by atoms with Gasteiger partial charge in [-0.1, -0.05) is 86.6 Å². The van der Waals surface area contributed by atoms with E-state index in [0.717, 1.165) is 0 Å². The topological polar surface area (TPSA) is 0 Å². The van der Waals surface area contributed by atoms with Gasteiger partial charge in [0.2, 0.25) is 8.07 Å². The summed E-state index contributed by atoms with van der Waals surface area (Å²) >= 11 is 0. The average Bonchev–Trinajstić information content (AvgIpc) is 2.46. The highest BCUT2D eigenvalue weighted by atomic mass is 28.3. The molecule has 0 aliphatic carbocycles. The van der Waals surface area contributed by atoms with Gasteiger partial charge in [0.25, 0.3) is 0 Å². The first-order valence-electron chi connectivity index (χ1n) is 9.23. The highest BCUT2D eigenvalue weighted by Crippen LogP contribution is 2.16. The fraction of sp³-hybridized carbons (Fsp3) is 0.500. The van der Waals surface area contributed by atoms with Crippen LogP contribution in [-0.2, 0) is 0 Å². The maximum Gasteiger partial charge on any atom is 0.209 e. The minimum Gasteiger partial charge on any atom is -0.132 e. The largest absolute Gasteiger partial charge is 0.209 e. The molecule has 0 unspecified atom stereocenters. The molecule has 0 spiro atoms. The van der Waals surface area contributed by atoms with E-state index in [1.54, 1.807) is 0 Å². The minimum atomic E-state index is -1.77. The Kier molecular flexibility index (Phi) is 6.81. The van der Waals surface area contributed by atoms with Gasteiger partial charge in [0.15, 0.2) is 16.1 Å². The van der Waals surface area contributed by atoms with Crippen molar-refractivity contribution in [3.63, 3.8) is 0 Å². The Morgan fingerprint density at radius 3 is 1.00 bits per heavy atom. The summed E-state index contributed by atoms with van der Waals surface area (Å²) in [6, 6.07) is 0. The van der Waals surface area contributed by atoms with Crippen LogP contribution in [0.25, 0.3) is 0 Å². The van der Waals surface area contributed by atoms with E-state index >= 15 is 0 Å². The zero-order valence-corrected chi connectivity index (χ0v) is 23.0. The van der Waals surface area contributed by atoms with Crippen molar-refractivity contribution in [2.75, 3.05) is 0 Å². The molecular formula is C20H36Si5. The molecule has 0 aromatic rings. The zero-order valence-electron chi connectivity index (χ0n) is 18.0. The van der Waals surface area contributed by atoms with Crippen LogP contribution in [0, 0.1) is 22.2 Å². The Balaban J connectivity index is 3.49.